The van der Waals surface area contributed by atoms with E-state index in [4.69, 9.17) is 16.3 Å². The lowest BCUT2D eigenvalue weighted by atomic mass is 9.79. The molecule has 1 atom stereocenters. The van der Waals surface area contributed by atoms with Gasteiger partial charge in [0.15, 0.2) is 5.75 Å². The average Bonchev–Trinajstić information content (AvgIpc) is 3.25. The number of nitrogens with zero attached hydrogens (tertiary/aromatic N) is 1. The van der Waals surface area contributed by atoms with Gasteiger partial charge in [0, 0.05) is 31.5 Å². The smallest absolute Gasteiger partial charge is 0.403 e. The summed E-state index contributed by atoms with van der Waals surface area (Å²) in [5, 5.41) is 5.12. The first-order valence-electron chi connectivity index (χ1n) is 11.2. The quantitative estimate of drug-likeness (QED) is 0.497. The minimum absolute atomic E-state index is 0.106. The van der Waals surface area contributed by atoms with Crippen molar-refractivity contribution in [2.75, 3.05) is 30.5 Å². The van der Waals surface area contributed by atoms with Gasteiger partial charge in [-0.2, -0.15) is 0 Å². The number of hydrogen-bond donors (Lipinski definition) is 2. The Balaban J connectivity index is 1.52. The van der Waals surface area contributed by atoms with E-state index in [-0.39, 0.29) is 24.1 Å². The number of fused-ring (bicyclic) bond motifs is 3. The number of amides is 2. The zero-order valence-corrected chi connectivity index (χ0v) is 20.4. The molecule has 1 unspecified atom stereocenters. The third-order valence-electron chi connectivity index (χ3n) is 6.23. The molecule has 5 rings (SSSR count). The number of carbonyl (C=O) groups excluding carboxylic acids is 2. The minimum atomic E-state index is -4.89. The number of ether oxygens (including phenoxy) is 2. The second kappa shape index (κ2) is 10.6. The molecule has 1 aliphatic carbocycles. The van der Waals surface area contributed by atoms with E-state index in [0.29, 0.717) is 27.4 Å². The maximum absolute atomic E-state index is 13.2. The van der Waals surface area contributed by atoms with Crippen molar-refractivity contribution in [1.82, 2.24) is 5.32 Å². The van der Waals surface area contributed by atoms with Crippen molar-refractivity contribution >= 4 is 46.1 Å². The minimum Gasteiger partial charge on any atom is -0.403 e. The summed E-state index contributed by atoms with van der Waals surface area (Å²) in [6.07, 6.45) is -0.865. The van der Waals surface area contributed by atoms with Crippen LogP contribution in [-0.2, 0) is 9.53 Å². The Bertz CT molecular complexity index is 1070. The molecule has 2 N–H and O–H groups in total. The highest BCUT2D eigenvalue weighted by Gasteiger charge is 2.38. The molecular weight excluding hydrogens is 507 g/mol. The fourth-order valence-corrected chi connectivity index (χ4v) is 5.59. The van der Waals surface area contributed by atoms with E-state index in [9.17, 15) is 22.8 Å². The highest BCUT2D eigenvalue weighted by molar-refractivity contribution is 7.18. The van der Waals surface area contributed by atoms with Gasteiger partial charge in [-0.15, -0.1) is 24.5 Å². The first kappa shape index (κ1) is 25.6. The Morgan fingerprint density at radius 2 is 1.94 bits per heavy atom. The number of anilines is 2. The predicted molar refractivity (Wildman–Crippen MR) is 127 cm³/mol. The molecule has 1 aromatic heterocycles. The SMILES string of the molecule is COCC(NC(=O)c1ccc(Cl)s1)C(=O)Nc1ccc(N2CC3CCC2CC3)c(OC(F)(F)F)c1. The van der Waals surface area contributed by atoms with Crippen molar-refractivity contribution in [2.45, 2.75) is 44.1 Å². The van der Waals surface area contributed by atoms with E-state index in [1.807, 2.05) is 4.90 Å². The summed E-state index contributed by atoms with van der Waals surface area (Å²) in [6.45, 7) is 0.538. The molecule has 7 nitrogen and oxygen atoms in total. The van der Waals surface area contributed by atoms with E-state index in [0.717, 1.165) is 43.1 Å². The molecule has 2 amide bonds. The summed E-state index contributed by atoms with van der Waals surface area (Å²) in [5.74, 6) is -1.08. The molecule has 3 heterocycles. The summed E-state index contributed by atoms with van der Waals surface area (Å²) in [7, 11) is 1.37. The first-order valence-corrected chi connectivity index (χ1v) is 12.3. The van der Waals surface area contributed by atoms with Gasteiger partial charge in [0.05, 0.1) is 21.5 Å². The van der Waals surface area contributed by atoms with E-state index in [2.05, 4.69) is 15.4 Å². The molecule has 1 saturated carbocycles. The monoisotopic (exact) mass is 531 g/mol. The molecule has 1 aromatic carbocycles. The van der Waals surface area contributed by atoms with Crippen LogP contribution in [0.1, 0.15) is 35.4 Å². The number of thiophene rings is 1. The van der Waals surface area contributed by atoms with Crippen molar-refractivity contribution in [3.05, 3.63) is 39.5 Å². The maximum atomic E-state index is 13.2. The van der Waals surface area contributed by atoms with E-state index >= 15 is 0 Å². The molecular formula is C23H25ClF3N3O4S. The van der Waals surface area contributed by atoms with Gasteiger partial charge in [-0.05, 0) is 55.9 Å². The standard InChI is InChI=1S/C23H25ClF3N3O4S/c1-33-12-16(29-22(32)19-8-9-20(24)35-19)21(31)28-14-4-7-17(18(10-14)34-23(25,26)27)30-11-13-2-5-15(30)6-3-13/h4,7-10,13,15-16H,2-3,5-6,11-12H2,1H3,(H,28,31)(H,29,32). The summed E-state index contributed by atoms with van der Waals surface area (Å²) in [5.41, 5.74) is 0.459. The third-order valence-corrected chi connectivity index (χ3v) is 7.46. The molecule has 0 radical (unpaired) electrons. The van der Waals surface area contributed by atoms with Crippen LogP contribution >= 0.6 is 22.9 Å². The summed E-state index contributed by atoms with van der Waals surface area (Å²) in [6, 6.07) is 6.40. The number of methoxy groups -OCH3 is 1. The van der Waals surface area contributed by atoms with Crippen LogP contribution in [0.5, 0.6) is 5.75 Å². The summed E-state index contributed by atoms with van der Waals surface area (Å²) < 4.78 is 49.4. The number of alkyl halides is 3. The van der Waals surface area contributed by atoms with Gasteiger partial charge in [-0.1, -0.05) is 11.6 Å². The summed E-state index contributed by atoms with van der Waals surface area (Å²) in [4.78, 5) is 27.6. The van der Waals surface area contributed by atoms with E-state index in [1.165, 1.54) is 25.3 Å². The van der Waals surface area contributed by atoms with Gasteiger partial charge in [-0.3, -0.25) is 9.59 Å². The van der Waals surface area contributed by atoms with Crippen LogP contribution in [0.25, 0.3) is 0 Å². The van der Waals surface area contributed by atoms with Crippen LogP contribution in [0, 0.1) is 5.92 Å². The fourth-order valence-electron chi connectivity index (χ4n) is 4.64. The largest absolute Gasteiger partial charge is 0.573 e. The van der Waals surface area contributed by atoms with Crippen LogP contribution in [0.4, 0.5) is 24.5 Å². The molecule has 2 bridgehead atoms. The van der Waals surface area contributed by atoms with Gasteiger partial charge in [0.25, 0.3) is 5.91 Å². The zero-order valence-electron chi connectivity index (χ0n) is 18.9. The second-order valence-electron chi connectivity index (χ2n) is 8.63. The van der Waals surface area contributed by atoms with Crippen LogP contribution in [-0.4, -0.2) is 50.5 Å². The molecule has 35 heavy (non-hydrogen) atoms. The Labute approximate surface area is 209 Å². The van der Waals surface area contributed by atoms with Gasteiger partial charge < -0.3 is 25.0 Å². The van der Waals surface area contributed by atoms with Crippen LogP contribution < -0.4 is 20.3 Å². The lowest BCUT2D eigenvalue weighted by Crippen LogP contribution is -2.48. The zero-order chi connectivity index (χ0) is 25.2. The van der Waals surface area contributed by atoms with Crippen molar-refractivity contribution in [2.24, 2.45) is 5.92 Å². The molecule has 0 spiro atoms. The van der Waals surface area contributed by atoms with Gasteiger partial charge in [0.1, 0.15) is 6.04 Å². The highest BCUT2D eigenvalue weighted by Crippen LogP contribution is 2.43. The summed E-state index contributed by atoms with van der Waals surface area (Å²) >= 11 is 6.91. The van der Waals surface area contributed by atoms with Crippen LogP contribution in [0.2, 0.25) is 4.34 Å². The average molecular weight is 532 g/mol. The lowest BCUT2D eigenvalue weighted by molar-refractivity contribution is -0.274. The number of rotatable bonds is 8. The lowest BCUT2D eigenvalue weighted by Gasteiger charge is -2.47. The van der Waals surface area contributed by atoms with Crippen molar-refractivity contribution < 1.29 is 32.2 Å². The van der Waals surface area contributed by atoms with Crippen LogP contribution in [0.15, 0.2) is 30.3 Å². The third kappa shape index (κ3) is 6.39. The molecule has 2 aliphatic heterocycles. The second-order valence-corrected chi connectivity index (χ2v) is 10.3. The number of piperidine rings is 2. The Hall–Kier alpha value is -2.50. The van der Waals surface area contributed by atoms with Gasteiger partial charge in [-0.25, -0.2) is 0 Å². The Morgan fingerprint density at radius 3 is 2.51 bits per heavy atom. The molecule has 3 fully saturated rings. The maximum Gasteiger partial charge on any atom is 0.573 e. The molecule has 2 aromatic rings. The number of carbonyl (C=O) groups is 2. The highest BCUT2D eigenvalue weighted by atomic mass is 35.5. The molecule has 2 saturated heterocycles. The van der Waals surface area contributed by atoms with Crippen LogP contribution in [0.3, 0.4) is 0 Å². The first-order chi connectivity index (χ1) is 16.6. The predicted octanol–water partition coefficient (Wildman–Crippen LogP) is 5.06. The Morgan fingerprint density at radius 1 is 1.20 bits per heavy atom. The number of nitrogens with one attached hydrogen (secondary N) is 2. The molecule has 3 aliphatic rings. The Kier molecular flexibility index (Phi) is 7.77. The van der Waals surface area contributed by atoms with E-state index < -0.39 is 24.2 Å². The number of hydrogen-bond acceptors (Lipinski definition) is 6. The van der Waals surface area contributed by atoms with Gasteiger partial charge in [0.2, 0.25) is 5.91 Å². The molecule has 190 valence electrons. The fraction of sp³-hybridized carbons (Fsp3) is 0.478. The normalized spacial score (nSPS) is 20.4. The van der Waals surface area contributed by atoms with Crippen molar-refractivity contribution in [1.29, 1.82) is 0 Å². The molecule has 12 heteroatoms. The number of halogens is 4. The van der Waals surface area contributed by atoms with E-state index in [1.54, 1.807) is 6.07 Å². The number of benzene rings is 1. The van der Waals surface area contributed by atoms with Crippen molar-refractivity contribution in [3.63, 3.8) is 0 Å². The van der Waals surface area contributed by atoms with Crippen molar-refractivity contribution in [3.8, 4) is 5.75 Å². The van der Waals surface area contributed by atoms with Gasteiger partial charge >= 0.3 is 6.36 Å². The topological polar surface area (TPSA) is 79.9 Å².